The lowest BCUT2D eigenvalue weighted by Gasteiger charge is -2.14. The Hall–Kier alpha value is -3.91. The Labute approximate surface area is 184 Å². The van der Waals surface area contributed by atoms with Gasteiger partial charge in [0, 0.05) is 16.7 Å². The van der Waals surface area contributed by atoms with Gasteiger partial charge in [-0.3, -0.25) is 0 Å². The molecule has 4 aromatic rings. The highest BCUT2D eigenvalue weighted by Crippen LogP contribution is 2.36. The Balaban J connectivity index is 1.96. The molecule has 32 heavy (non-hydrogen) atoms. The maximum atomic E-state index is 13.0. The van der Waals surface area contributed by atoms with E-state index in [4.69, 9.17) is 4.98 Å². The molecule has 0 spiro atoms. The first-order chi connectivity index (χ1) is 15.3. The molecule has 0 saturated heterocycles. The topological polar surface area (TPSA) is 36.7 Å². The van der Waals surface area contributed by atoms with Crippen LogP contribution in [0.2, 0.25) is 0 Å². The van der Waals surface area contributed by atoms with Crippen LogP contribution in [0.1, 0.15) is 22.3 Å². The summed E-state index contributed by atoms with van der Waals surface area (Å²) in [4.78, 5) is 4.78. The van der Waals surface area contributed by atoms with Crippen LogP contribution in [0.15, 0.2) is 78.9 Å². The van der Waals surface area contributed by atoms with E-state index in [1.165, 1.54) is 12.1 Å². The van der Waals surface area contributed by atoms with Crippen LogP contribution >= 0.6 is 0 Å². The number of nitriles is 1. The van der Waals surface area contributed by atoms with Crippen LogP contribution in [0.5, 0.6) is 0 Å². The predicted molar refractivity (Wildman–Crippen MR) is 120 cm³/mol. The summed E-state index contributed by atoms with van der Waals surface area (Å²) in [5.74, 6) is 0. The van der Waals surface area contributed by atoms with Crippen molar-refractivity contribution in [2.45, 2.75) is 20.0 Å². The lowest BCUT2D eigenvalue weighted by molar-refractivity contribution is -0.137. The summed E-state index contributed by atoms with van der Waals surface area (Å²) < 4.78 is 39.1. The minimum absolute atomic E-state index is 0.324. The van der Waals surface area contributed by atoms with Gasteiger partial charge in [-0.25, -0.2) is 4.98 Å². The molecule has 5 heteroatoms. The minimum atomic E-state index is -4.42. The molecule has 0 atom stereocenters. The molecule has 0 fully saturated rings. The molecule has 0 radical (unpaired) electrons. The standard InChI is InChI=1S/C27H19F3N2/c1-17-3-7-20(8-4-17)25-15-23(19-11-13-22(14-12-19)27(28,29)30)24(16-31)26(32-25)21-9-5-18(2)6-10-21/h3-15H,1-2H3. The van der Waals surface area contributed by atoms with Gasteiger partial charge in [0.05, 0.1) is 22.5 Å². The van der Waals surface area contributed by atoms with Crippen molar-refractivity contribution in [2.75, 3.05) is 0 Å². The van der Waals surface area contributed by atoms with Gasteiger partial charge in [-0.05, 0) is 37.6 Å². The molecule has 0 aliphatic rings. The molecule has 1 aromatic heterocycles. The van der Waals surface area contributed by atoms with Crippen LogP contribution in [0.3, 0.4) is 0 Å². The molecule has 0 N–H and O–H groups in total. The van der Waals surface area contributed by atoms with Gasteiger partial charge in [0.2, 0.25) is 0 Å². The molecule has 158 valence electrons. The molecular formula is C27H19F3N2. The number of pyridine rings is 1. The van der Waals surface area contributed by atoms with Gasteiger partial charge >= 0.3 is 6.18 Å². The Morgan fingerprint density at radius 2 is 1.22 bits per heavy atom. The van der Waals surface area contributed by atoms with Crippen LogP contribution < -0.4 is 0 Å². The average molecular weight is 428 g/mol. The Morgan fingerprint density at radius 3 is 1.72 bits per heavy atom. The number of benzene rings is 3. The number of halogens is 3. The molecular weight excluding hydrogens is 409 g/mol. The SMILES string of the molecule is Cc1ccc(-c2cc(-c3ccc(C(F)(F)F)cc3)c(C#N)c(-c3ccc(C)cc3)n2)cc1. The van der Waals surface area contributed by atoms with Gasteiger partial charge < -0.3 is 0 Å². The van der Waals surface area contributed by atoms with Crippen LogP contribution in [0, 0.1) is 25.2 Å². The smallest absolute Gasteiger partial charge is 0.246 e. The molecule has 0 aliphatic heterocycles. The average Bonchev–Trinajstić information content (AvgIpc) is 2.79. The number of aryl methyl sites for hydroxylation is 2. The highest BCUT2D eigenvalue weighted by atomic mass is 19.4. The number of hydrogen-bond donors (Lipinski definition) is 0. The molecule has 0 saturated carbocycles. The molecule has 0 unspecified atom stereocenters. The van der Waals surface area contributed by atoms with E-state index in [9.17, 15) is 18.4 Å². The first-order valence-corrected chi connectivity index (χ1v) is 10.0. The van der Waals surface area contributed by atoms with Gasteiger partial charge in [-0.15, -0.1) is 0 Å². The second kappa shape index (κ2) is 8.32. The highest BCUT2D eigenvalue weighted by Gasteiger charge is 2.30. The van der Waals surface area contributed by atoms with E-state index in [2.05, 4.69) is 6.07 Å². The van der Waals surface area contributed by atoms with E-state index in [-0.39, 0.29) is 0 Å². The van der Waals surface area contributed by atoms with E-state index in [0.717, 1.165) is 34.4 Å². The van der Waals surface area contributed by atoms with Crippen molar-refractivity contribution in [3.63, 3.8) is 0 Å². The van der Waals surface area contributed by atoms with Gasteiger partial charge in [-0.2, -0.15) is 18.4 Å². The minimum Gasteiger partial charge on any atom is -0.246 e. The number of nitrogens with zero attached hydrogens (tertiary/aromatic N) is 2. The van der Waals surface area contributed by atoms with Crippen LogP contribution in [-0.2, 0) is 6.18 Å². The van der Waals surface area contributed by atoms with E-state index in [1.807, 2.05) is 62.4 Å². The van der Waals surface area contributed by atoms with E-state index >= 15 is 0 Å². The van der Waals surface area contributed by atoms with Gasteiger partial charge in [0.1, 0.15) is 6.07 Å². The predicted octanol–water partition coefficient (Wildman–Crippen LogP) is 7.59. The summed E-state index contributed by atoms with van der Waals surface area (Å²) in [7, 11) is 0. The molecule has 2 nitrogen and oxygen atoms in total. The third kappa shape index (κ3) is 4.26. The summed E-state index contributed by atoms with van der Waals surface area (Å²) in [6.07, 6.45) is -4.42. The summed E-state index contributed by atoms with van der Waals surface area (Å²) >= 11 is 0. The van der Waals surface area contributed by atoms with Crippen LogP contribution in [-0.4, -0.2) is 4.98 Å². The first-order valence-electron chi connectivity index (χ1n) is 10.0. The van der Waals surface area contributed by atoms with Crippen molar-refractivity contribution in [1.82, 2.24) is 4.98 Å². The van der Waals surface area contributed by atoms with Crippen LogP contribution in [0.4, 0.5) is 13.2 Å². The van der Waals surface area contributed by atoms with E-state index in [1.54, 1.807) is 6.07 Å². The molecule has 0 bridgehead atoms. The monoisotopic (exact) mass is 428 g/mol. The zero-order valence-electron chi connectivity index (χ0n) is 17.5. The second-order valence-electron chi connectivity index (χ2n) is 7.70. The third-order valence-corrected chi connectivity index (χ3v) is 5.33. The fourth-order valence-electron chi connectivity index (χ4n) is 3.52. The fourth-order valence-corrected chi connectivity index (χ4v) is 3.52. The lowest BCUT2D eigenvalue weighted by Crippen LogP contribution is -2.04. The van der Waals surface area contributed by atoms with E-state index < -0.39 is 11.7 Å². The maximum absolute atomic E-state index is 13.0. The quantitative estimate of drug-likeness (QED) is 0.337. The van der Waals surface area contributed by atoms with Crippen molar-refractivity contribution >= 4 is 0 Å². The molecule has 1 heterocycles. The van der Waals surface area contributed by atoms with Crippen molar-refractivity contribution in [1.29, 1.82) is 5.26 Å². The van der Waals surface area contributed by atoms with Gasteiger partial charge in [0.15, 0.2) is 0 Å². The Bertz CT molecular complexity index is 1300. The molecule has 0 amide bonds. The van der Waals surface area contributed by atoms with Crippen LogP contribution in [0.25, 0.3) is 33.6 Å². The van der Waals surface area contributed by atoms with Crippen molar-refractivity contribution in [2.24, 2.45) is 0 Å². The highest BCUT2D eigenvalue weighted by molar-refractivity contribution is 5.83. The zero-order valence-corrected chi connectivity index (χ0v) is 17.5. The zero-order chi connectivity index (χ0) is 22.9. The van der Waals surface area contributed by atoms with Gasteiger partial charge in [-0.1, -0.05) is 71.8 Å². The van der Waals surface area contributed by atoms with Crippen molar-refractivity contribution < 1.29 is 13.2 Å². The van der Waals surface area contributed by atoms with E-state index in [0.29, 0.717) is 28.1 Å². The second-order valence-corrected chi connectivity index (χ2v) is 7.70. The summed E-state index contributed by atoms with van der Waals surface area (Å²) in [6, 6.07) is 24.4. The summed E-state index contributed by atoms with van der Waals surface area (Å²) in [6.45, 7) is 3.96. The summed E-state index contributed by atoms with van der Waals surface area (Å²) in [5, 5.41) is 9.99. The number of hydrogen-bond acceptors (Lipinski definition) is 2. The Morgan fingerprint density at radius 1 is 0.719 bits per heavy atom. The molecule has 3 aromatic carbocycles. The lowest BCUT2D eigenvalue weighted by atomic mass is 9.93. The van der Waals surface area contributed by atoms with Gasteiger partial charge in [0.25, 0.3) is 0 Å². The normalized spacial score (nSPS) is 11.2. The van der Waals surface area contributed by atoms with Crippen molar-refractivity contribution in [3.05, 3.63) is 101 Å². The van der Waals surface area contributed by atoms with Crippen molar-refractivity contribution in [3.8, 4) is 39.7 Å². The Kier molecular flexibility index (Phi) is 5.54. The number of aromatic nitrogens is 1. The maximum Gasteiger partial charge on any atom is 0.416 e. The summed E-state index contributed by atoms with van der Waals surface area (Å²) in [5.41, 5.74) is 5.62. The largest absolute Gasteiger partial charge is 0.416 e. The fraction of sp³-hybridized carbons (Fsp3) is 0.111. The number of rotatable bonds is 3. The first kappa shape index (κ1) is 21.3. The molecule has 4 rings (SSSR count). The number of alkyl halides is 3. The third-order valence-electron chi connectivity index (χ3n) is 5.33. The molecule has 0 aliphatic carbocycles.